The van der Waals surface area contributed by atoms with E-state index in [0.29, 0.717) is 0 Å². The van der Waals surface area contributed by atoms with Gasteiger partial charge in [-0.3, -0.25) is 0 Å². The predicted octanol–water partition coefficient (Wildman–Crippen LogP) is 4.52. The average molecular weight is 245 g/mol. The lowest BCUT2D eigenvalue weighted by atomic mass is 10.1. The van der Waals surface area contributed by atoms with Gasteiger partial charge in [-0.2, -0.15) is 0 Å². The van der Waals surface area contributed by atoms with Gasteiger partial charge in [0.25, 0.3) is 0 Å². The van der Waals surface area contributed by atoms with E-state index in [1.807, 2.05) is 60.7 Å². The molecule has 0 atom stereocenters. The topological polar surface area (TPSA) is 9.23 Å². The van der Waals surface area contributed by atoms with E-state index in [-0.39, 0.29) is 0 Å². The molecule has 0 aliphatic heterocycles. The third kappa shape index (κ3) is 3.36. The smallest absolute Gasteiger partial charge is 0.118 e. The van der Waals surface area contributed by atoms with E-state index in [2.05, 4.69) is 0 Å². The molecule has 0 unspecified atom stereocenters. The third-order valence-corrected chi connectivity index (χ3v) is 2.67. The van der Waals surface area contributed by atoms with E-state index in [1.165, 1.54) is 0 Å². The zero-order valence-corrected chi connectivity index (χ0v) is 10.3. The first-order valence-corrected chi connectivity index (χ1v) is 5.73. The fraction of sp³-hybridized carbons (Fsp3) is 0.0667. The van der Waals surface area contributed by atoms with Crippen molar-refractivity contribution in [2.75, 3.05) is 7.11 Å². The molecule has 0 spiro atoms. The second-order valence-electron chi connectivity index (χ2n) is 3.66. The van der Waals surface area contributed by atoms with Crippen molar-refractivity contribution in [3.8, 4) is 5.75 Å². The van der Waals surface area contributed by atoms with Crippen molar-refractivity contribution in [3.05, 3.63) is 64.7 Å². The Labute approximate surface area is 106 Å². The maximum Gasteiger partial charge on any atom is 0.118 e. The molecular formula is C15H13ClO. The van der Waals surface area contributed by atoms with E-state index >= 15 is 0 Å². The van der Waals surface area contributed by atoms with Crippen molar-refractivity contribution in [2.24, 2.45) is 0 Å². The number of hydrogen-bond donors (Lipinski definition) is 0. The van der Waals surface area contributed by atoms with E-state index in [0.717, 1.165) is 21.9 Å². The van der Waals surface area contributed by atoms with Gasteiger partial charge in [-0.05, 0) is 35.4 Å². The highest BCUT2D eigenvalue weighted by atomic mass is 35.5. The van der Waals surface area contributed by atoms with Crippen LogP contribution in [0.15, 0.2) is 48.5 Å². The fourth-order valence-electron chi connectivity index (χ4n) is 1.52. The van der Waals surface area contributed by atoms with Crippen molar-refractivity contribution in [1.82, 2.24) is 0 Å². The van der Waals surface area contributed by atoms with Crippen LogP contribution >= 0.6 is 11.6 Å². The number of benzene rings is 2. The molecule has 0 aliphatic carbocycles. The van der Waals surface area contributed by atoms with Gasteiger partial charge in [0, 0.05) is 5.02 Å². The van der Waals surface area contributed by atoms with Gasteiger partial charge >= 0.3 is 0 Å². The summed E-state index contributed by atoms with van der Waals surface area (Å²) in [7, 11) is 1.66. The Morgan fingerprint density at radius 3 is 2.29 bits per heavy atom. The molecule has 0 saturated carbocycles. The van der Waals surface area contributed by atoms with Gasteiger partial charge in [0.15, 0.2) is 0 Å². The fourth-order valence-corrected chi connectivity index (χ4v) is 1.72. The Hall–Kier alpha value is -1.73. The van der Waals surface area contributed by atoms with E-state index in [4.69, 9.17) is 16.3 Å². The SMILES string of the molecule is COc1ccc(/C=C/c2cccc(Cl)c2)cc1. The van der Waals surface area contributed by atoms with E-state index in [9.17, 15) is 0 Å². The summed E-state index contributed by atoms with van der Waals surface area (Å²) in [5.74, 6) is 0.866. The Bertz CT molecular complexity index is 515. The molecule has 0 aromatic heterocycles. The van der Waals surface area contributed by atoms with E-state index < -0.39 is 0 Å². The van der Waals surface area contributed by atoms with Crippen molar-refractivity contribution in [2.45, 2.75) is 0 Å². The first-order valence-electron chi connectivity index (χ1n) is 5.35. The monoisotopic (exact) mass is 244 g/mol. The van der Waals surface area contributed by atoms with E-state index in [1.54, 1.807) is 7.11 Å². The molecule has 2 heteroatoms. The third-order valence-electron chi connectivity index (χ3n) is 2.43. The summed E-state index contributed by atoms with van der Waals surface area (Å²) in [5, 5.41) is 0.752. The Balaban J connectivity index is 2.14. The standard InChI is InChI=1S/C15H13ClO/c1-17-15-9-7-12(8-10-15)5-6-13-3-2-4-14(16)11-13/h2-11H,1H3/b6-5+. The summed E-state index contributed by atoms with van der Waals surface area (Å²) in [4.78, 5) is 0. The molecule has 0 fully saturated rings. The molecule has 0 amide bonds. The van der Waals surface area contributed by atoms with Gasteiger partial charge in [0.1, 0.15) is 5.75 Å². The van der Waals surface area contributed by atoms with Crippen LogP contribution in [0.25, 0.3) is 12.2 Å². The quantitative estimate of drug-likeness (QED) is 0.722. The second kappa shape index (κ2) is 5.55. The zero-order valence-electron chi connectivity index (χ0n) is 9.56. The Kier molecular flexibility index (Phi) is 3.84. The minimum absolute atomic E-state index is 0.752. The van der Waals surface area contributed by atoms with Crippen molar-refractivity contribution in [3.63, 3.8) is 0 Å². The summed E-state index contributed by atoms with van der Waals surface area (Å²) in [6, 6.07) is 15.7. The summed E-state index contributed by atoms with van der Waals surface area (Å²) in [5.41, 5.74) is 2.22. The average Bonchev–Trinajstić information content (AvgIpc) is 2.37. The second-order valence-corrected chi connectivity index (χ2v) is 4.10. The van der Waals surface area contributed by atoms with Gasteiger partial charge in [0.05, 0.1) is 7.11 Å². The Morgan fingerprint density at radius 2 is 1.65 bits per heavy atom. The van der Waals surface area contributed by atoms with Crippen LogP contribution in [0.3, 0.4) is 0 Å². The van der Waals surface area contributed by atoms with Crippen molar-refractivity contribution >= 4 is 23.8 Å². The first-order chi connectivity index (χ1) is 8.28. The number of methoxy groups -OCH3 is 1. The predicted molar refractivity (Wildman–Crippen MR) is 73.4 cm³/mol. The van der Waals surface area contributed by atoms with Crippen LogP contribution in [-0.4, -0.2) is 7.11 Å². The highest BCUT2D eigenvalue weighted by Crippen LogP contribution is 2.15. The molecule has 2 aromatic carbocycles. The van der Waals surface area contributed by atoms with Crippen LogP contribution in [0.2, 0.25) is 5.02 Å². The lowest BCUT2D eigenvalue weighted by molar-refractivity contribution is 0.415. The summed E-state index contributed by atoms with van der Waals surface area (Å²) in [6.07, 6.45) is 4.08. The number of ether oxygens (including phenoxy) is 1. The Morgan fingerprint density at radius 1 is 0.941 bits per heavy atom. The molecule has 0 heterocycles. The van der Waals surface area contributed by atoms with Crippen molar-refractivity contribution in [1.29, 1.82) is 0 Å². The number of rotatable bonds is 3. The van der Waals surface area contributed by atoms with Gasteiger partial charge in [-0.15, -0.1) is 0 Å². The van der Waals surface area contributed by atoms with Crippen LogP contribution in [-0.2, 0) is 0 Å². The largest absolute Gasteiger partial charge is 0.497 e. The van der Waals surface area contributed by atoms with Gasteiger partial charge in [-0.25, -0.2) is 0 Å². The molecule has 0 bridgehead atoms. The maximum absolute atomic E-state index is 5.92. The first kappa shape index (κ1) is 11.7. The lowest BCUT2D eigenvalue weighted by Gasteiger charge is -1.99. The molecule has 2 rings (SSSR count). The van der Waals surface area contributed by atoms with Crippen LogP contribution < -0.4 is 4.74 Å². The number of hydrogen-bond acceptors (Lipinski definition) is 1. The summed E-state index contributed by atoms with van der Waals surface area (Å²) in [6.45, 7) is 0. The molecule has 0 saturated heterocycles. The highest BCUT2D eigenvalue weighted by Gasteiger charge is 1.91. The highest BCUT2D eigenvalue weighted by molar-refractivity contribution is 6.30. The molecule has 0 N–H and O–H groups in total. The zero-order chi connectivity index (χ0) is 12.1. The minimum atomic E-state index is 0.752. The molecule has 2 aromatic rings. The molecule has 86 valence electrons. The normalized spacial score (nSPS) is 10.7. The van der Waals surface area contributed by atoms with Gasteiger partial charge < -0.3 is 4.74 Å². The van der Waals surface area contributed by atoms with Crippen LogP contribution in [0.4, 0.5) is 0 Å². The van der Waals surface area contributed by atoms with Crippen LogP contribution in [0.1, 0.15) is 11.1 Å². The van der Waals surface area contributed by atoms with Crippen LogP contribution in [0, 0.1) is 0 Å². The number of halogens is 1. The minimum Gasteiger partial charge on any atom is -0.497 e. The maximum atomic E-state index is 5.92. The van der Waals surface area contributed by atoms with Crippen molar-refractivity contribution < 1.29 is 4.74 Å². The van der Waals surface area contributed by atoms with Gasteiger partial charge in [-0.1, -0.05) is 48.0 Å². The molecule has 17 heavy (non-hydrogen) atoms. The molecule has 0 radical (unpaired) electrons. The summed E-state index contributed by atoms with van der Waals surface area (Å²) < 4.78 is 5.11. The molecule has 1 nitrogen and oxygen atoms in total. The lowest BCUT2D eigenvalue weighted by Crippen LogP contribution is -1.81. The van der Waals surface area contributed by atoms with Crippen LogP contribution in [0.5, 0.6) is 5.75 Å². The molecular weight excluding hydrogens is 232 g/mol. The summed E-state index contributed by atoms with van der Waals surface area (Å²) >= 11 is 5.92. The van der Waals surface area contributed by atoms with Gasteiger partial charge in [0.2, 0.25) is 0 Å². The molecule has 0 aliphatic rings.